The van der Waals surface area contributed by atoms with E-state index in [0.717, 1.165) is 0 Å². The van der Waals surface area contributed by atoms with Crippen molar-refractivity contribution in [2.45, 2.75) is 17.2 Å². The number of hydrogen-bond acceptors (Lipinski definition) is 4. The molecule has 0 aliphatic rings. The highest BCUT2D eigenvalue weighted by Gasteiger charge is 2.20. The van der Waals surface area contributed by atoms with Crippen LogP contribution in [0.4, 0.5) is 0 Å². The molecule has 3 N–H and O–H groups in total. The lowest BCUT2D eigenvalue weighted by molar-refractivity contribution is 0.564. The molecule has 1 aromatic heterocycles. The minimum absolute atomic E-state index is 0.256. The maximum atomic E-state index is 11.7. The summed E-state index contributed by atoms with van der Waals surface area (Å²) in [7, 11) is -3.42. The van der Waals surface area contributed by atoms with Crippen molar-refractivity contribution in [3.63, 3.8) is 0 Å². The number of sulfonamides is 1. The van der Waals surface area contributed by atoms with Crippen LogP contribution in [0.25, 0.3) is 0 Å². The van der Waals surface area contributed by atoms with E-state index in [1.807, 2.05) is 0 Å². The summed E-state index contributed by atoms with van der Waals surface area (Å²) in [6.45, 7) is 2.00. The maximum absolute atomic E-state index is 11.7. The third-order valence-corrected chi connectivity index (χ3v) is 5.80. The van der Waals surface area contributed by atoms with Gasteiger partial charge in [0.25, 0.3) is 10.0 Å². The molecular weight excluding hydrogens is 288 g/mol. The summed E-state index contributed by atoms with van der Waals surface area (Å²) in [5, 5.41) is 1.71. The van der Waals surface area contributed by atoms with Crippen molar-refractivity contribution in [2.24, 2.45) is 5.73 Å². The van der Waals surface area contributed by atoms with Gasteiger partial charge in [0.2, 0.25) is 0 Å². The quantitative estimate of drug-likeness (QED) is 0.875. The molecule has 0 saturated heterocycles. The van der Waals surface area contributed by atoms with Gasteiger partial charge in [-0.15, -0.1) is 11.3 Å². The van der Waals surface area contributed by atoms with Crippen molar-refractivity contribution in [2.75, 3.05) is 6.54 Å². The average Bonchev–Trinajstić information content (AvgIpc) is 2.51. The Balaban J connectivity index is 2.92. The summed E-state index contributed by atoms with van der Waals surface area (Å²) >= 11 is 4.34. The van der Waals surface area contributed by atoms with Crippen molar-refractivity contribution >= 4 is 37.3 Å². The van der Waals surface area contributed by atoms with Gasteiger partial charge in [0, 0.05) is 17.1 Å². The van der Waals surface area contributed by atoms with Crippen molar-refractivity contribution in [3.05, 3.63) is 15.9 Å². The zero-order valence-electron chi connectivity index (χ0n) is 7.53. The first-order valence-electron chi connectivity index (χ1n) is 3.92. The summed E-state index contributed by atoms with van der Waals surface area (Å²) in [4.78, 5) is 0. The Bertz CT molecular complexity index is 402. The minimum Gasteiger partial charge on any atom is -0.329 e. The van der Waals surface area contributed by atoms with Crippen molar-refractivity contribution < 1.29 is 8.42 Å². The SMILES string of the molecule is CC(CN)NS(=O)(=O)c1sccc1Br. The second kappa shape index (κ2) is 4.71. The second-order valence-electron chi connectivity index (χ2n) is 2.81. The van der Waals surface area contributed by atoms with Gasteiger partial charge < -0.3 is 5.73 Å². The van der Waals surface area contributed by atoms with Crippen LogP contribution in [0, 0.1) is 0 Å². The van der Waals surface area contributed by atoms with Crippen LogP contribution in [-0.4, -0.2) is 21.0 Å². The normalized spacial score (nSPS) is 14.2. The van der Waals surface area contributed by atoms with E-state index < -0.39 is 10.0 Å². The number of nitrogens with two attached hydrogens (primary N) is 1. The highest BCUT2D eigenvalue weighted by Crippen LogP contribution is 2.27. The van der Waals surface area contributed by atoms with Gasteiger partial charge in [-0.3, -0.25) is 0 Å². The molecule has 0 radical (unpaired) electrons. The smallest absolute Gasteiger partial charge is 0.251 e. The van der Waals surface area contributed by atoms with Gasteiger partial charge in [0.05, 0.1) is 0 Å². The monoisotopic (exact) mass is 298 g/mol. The summed E-state index contributed by atoms with van der Waals surface area (Å²) < 4.78 is 26.7. The topological polar surface area (TPSA) is 72.2 Å². The summed E-state index contributed by atoms with van der Waals surface area (Å²) in [5.74, 6) is 0. The molecule has 0 fully saturated rings. The van der Waals surface area contributed by atoms with Gasteiger partial charge in [-0.25, -0.2) is 13.1 Å². The lowest BCUT2D eigenvalue weighted by Gasteiger charge is -2.10. The fourth-order valence-electron chi connectivity index (χ4n) is 0.838. The predicted molar refractivity (Wildman–Crippen MR) is 60.9 cm³/mol. The zero-order valence-corrected chi connectivity index (χ0v) is 10.7. The van der Waals surface area contributed by atoms with E-state index in [9.17, 15) is 8.42 Å². The molecule has 80 valence electrons. The van der Waals surface area contributed by atoms with Gasteiger partial charge in [0.15, 0.2) is 0 Å². The number of nitrogens with one attached hydrogen (secondary N) is 1. The average molecular weight is 299 g/mol. The van der Waals surface area contributed by atoms with Crippen LogP contribution in [-0.2, 0) is 10.0 Å². The molecule has 14 heavy (non-hydrogen) atoms. The van der Waals surface area contributed by atoms with E-state index in [1.165, 1.54) is 11.3 Å². The van der Waals surface area contributed by atoms with Crippen LogP contribution in [0.15, 0.2) is 20.1 Å². The molecular formula is C7H11BrN2O2S2. The van der Waals surface area contributed by atoms with Gasteiger partial charge in [0.1, 0.15) is 4.21 Å². The molecule has 0 spiro atoms. The molecule has 1 unspecified atom stereocenters. The highest BCUT2D eigenvalue weighted by atomic mass is 79.9. The Morgan fingerprint density at radius 2 is 2.36 bits per heavy atom. The molecule has 1 aromatic rings. The molecule has 0 aliphatic carbocycles. The lowest BCUT2D eigenvalue weighted by Crippen LogP contribution is -2.37. The van der Waals surface area contributed by atoms with E-state index in [-0.39, 0.29) is 16.8 Å². The van der Waals surface area contributed by atoms with E-state index in [0.29, 0.717) is 4.47 Å². The van der Waals surface area contributed by atoms with Gasteiger partial charge >= 0.3 is 0 Å². The first kappa shape index (κ1) is 12.1. The fourth-order valence-corrected chi connectivity index (χ4v) is 4.45. The Morgan fingerprint density at radius 1 is 1.71 bits per heavy atom. The van der Waals surface area contributed by atoms with Gasteiger partial charge in [-0.05, 0) is 34.3 Å². The summed E-state index contributed by atoms with van der Waals surface area (Å²) in [6, 6.07) is 1.45. The van der Waals surface area contributed by atoms with E-state index >= 15 is 0 Å². The third-order valence-electron chi connectivity index (χ3n) is 1.54. The Kier molecular flexibility index (Phi) is 4.08. The van der Waals surface area contributed by atoms with Crippen LogP contribution in [0.3, 0.4) is 0 Å². The Hall–Kier alpha value is 0.0500. The summed E-state index contributed by atoms with van der Waals surface area (Å²) in [5.41, 5.74) is 5.34. The molecule has 0 bridgehead atoms. The molecule has 0 aromatic carbocycles. The van der Waals surface area contributed by atoms with Crippen LogP contribution < -0.4 is 10.5 Å². The van der Waals surface area contributed by atoms with E-state index in [4.69, 9.17) is 5.73 Å². The molecule has 7 heteroatoms. The van der Waals surface area contributed by atoms with Crippen molar-refractivity contribution in [1.82, 2.24) is 4.72 Å². The van der Waals surface area contributed by atoms with Crippen LogP contribution in [0.5, 0.6) is 0 Å². The standard InChI is InChI=1S/C7H11BrN2O2S2/c1-5(4-9)10-14(11,12)7-6(8)2-3-13-7/h2-3,5,10H,4,9H2,1H3. The van der Waals surface area contributed by atoms with E-state index in [2.05, 4.69) is 20.7 Å². The van der Waals surface area contributed by atoms with Gasteiger partial charge in [-0.1, -0.05) is 0 Å². The van der Waals surface area contributed by atoms with Crippen LogP contribution >= 0.6 is 27.3 Å². The predicted octanol–water partition coefficient (Wildman–Crippen LogP) is 1.14. The number of hydrogen-bond donors (Lipinski definition) is 2. The summed E-state index contributed by atoms with van der Waals surface area (Å²) in [6.07, 6.45) is 0. The number of rotatable bonds is 4. The third kappa shape index (κ3) is 2.77. The fraction of sp³-hybridized carbons (Fsp3) is 0.429. The largest absolute Gasteiger partial charge is 0.329 e. The van der Waals surface area contributed by atoms with Crippen LogP contribution in [0.2, 0.25) is 0 Å². The second-order valence-corrected chi connectivity index (χ2v) is 6.49. The molecule has 0 aliphatic heterocycles. The first-order chi connectivity index (χ1) is 6.47. The Labute approximate surface area is 95.7 Å². The zero-order chi connectivity index (χ0) is 10.8. The molecule has 1 atom stereocenters. The lowest BCUT2D eigenvalue weighted by atomic mass is 10.4. The van der Waals surface area contributed by atoms with Crippen LogP contribution in [0.1, 0.15) is 6.92 Å². The van der Waals surface area contributed by atoms with E-state index in [1.54, 1.807) is 18.4 Å². The minimum atomic E-state index is -3.42. The molecule has 0 amide bonds. The molecule has 4 nitrogen and oxygen atoms in total. The maximum Gasteiger partial charge on any atom is 0.251 e. The van der Waals surface area contributed by atoms with Crippen molar-refractivity contribution in [1.29, 1.82) is 0 Å². The highest BCUT2D eigenvalue weighted by molar-refractivity contribution is 9.10. The van der Waals surface area contributed by atoms with Crippen molar-refractivity contribution in [3.8, 4) is 0 Å². The van der Waals surface area contributed by atoms with Gasteiger partial charge in [-0.2, -0.15) is 0 Å². The first-order valence-corrected chi connectivity index (χ1v) is 7.08. The Morgan fingerprint density at radius 3 is 2.79 bits per heavy atom. The number of thiophene rings is 1. The molecule has 1 heterocycles. The number of halogens is 1. The molecule has 1 rings (SSSR count). The molecule has 0 saturated carbocycles.